The fourth-order valence-electron chi connectivity index (χ4n) is 2.27. The standard InChI is InChI=1S/C17H28N2OS/c1-12(2)14-8-6-9-15(13(3)4)16(14)19-17(21)18-10-7-11-20-5/h6,8-9,12-13H,7,10-11H2,1-5H3,(H2,18,19,21). The molecular weight excluding hydrogens is 280 g/mol. The molecule has 0 unspecified atom stereocenters. The van der Waals surface area contributed by atoms with Crippen LogP contribution >= 0.6 is 12.2 Å². The summed E-state index contributed by atoms with van der Waals surface area (Å²) in [5.41, 5.74) is 3.77. The molecule has 0 spiro atoms. The summed E-state index contributed by atoms with van der Waals surface area (Å²) in [5, 5.41) is 7.32. The molecule has 1 rings (SSSR count). The molecule has 0 bridgehead atoms. The normalized spacial score (nSPS) is 11.0. The third-order valence-electron chi connectivity index (χ3n) is 3.42. The van der Waals surface area contributed by atoms with Gasteiger partial charge in [0.2, 0.25) is 0 Å². The number of hydrogen-bond donors (Lipinski definition) is 2. The molecule has 0 saturated carbocycles. The van der Waals surface area contributed by atoms with E-state index in [0.717, 1.165) is 25.3 Å². The lowest BCUT2D eigenvalue weighted by atomic mass is 9.93. The first-order chi connectivity index (χ1) is 9.97. The van der Waals surface area contributed by atoms with Crippen LogP contribution in [0.5, 0.6) is 0 Å². The summed E-state index contributed by atoms with van der Waals surface area (Å²) in [7, 11) is 1.71. The van der Waals surface area contributed by atoms with Gasteiger partial charge in [-0.15, -0.1) is 0 Å². The van der Waals surface area contributed by atoms with Crippen molar-refractivity contribution in [3.8, 4) is 0 Å². The number of ether oxygens (including phenoxy) is 1. The highest BCUT2D eigenvalue weighted by Gasteiger charge is 2.14. The molecule has 0 radical (unpaired) electrons. The molecule has 0 amide bonds. The zero-order chi connectivity index (χ0) is 15.8. The largest absolute Gasteiger partial charge is 0.385 e. The fourth-order valence-corrected chi connectivity index (χ4v) is 2.48. The van der Waals surface area contributed by atoms with Gasteiger partial charge in [0.05, 0.1) is 0 Å². The second-order valence-corrected chi connectivity index (χ2v) is 6.26. The molecular formula is C17H28N2OS. The number of anilines is 1. The van der Waals surface area contributed by atoms with Crippen LogP contribution in [0.3, 0.4) is 0 Å². The molecule has 1 aromatic rings. The maximum atomic E-state index is 5.41. The summed E-state index contributed by atoms with van der Waals surface area (Å²) in [6, 6.07) is 6.48. The van der Waals surface area contributed by atoms with Crippen LogP contribution in [-0.2, 0) is 4.74 Å². The van der Waals surface area contributed by atoms with Crippen molar-refractivity contribution in [3.05, 3.63) is 29.3 Å². The van der Waals surface area contributed by atoms with Gasteiger partial charge >= 0.3 is 0 Å². The number of rotatable bonds is 7. The highest BCUT2D eigenvalue weighted by atomic mass is 32.1. The Morgan fingerprint density at radius 1 is 1.14 bits per heavy atom. The van der Waals surface area contributed by atoms with Gasteiger partial charge in [0.15, 0.2) is 5.11 Å². The molecule has 3 nitrogen and oxygen atoms in total. The number of nitrogens with one attached hydrogen (secondary N) is 2. The van der Waals surface area contributed by atoms with E-state index in [-0.39, 0.29) is 0 Å². The lowest BCUT2D eigenvalue weighted by Crippen LogP contribution is -2.30. The highest BCUT2D eigenvalue weighted by molar-refractivity contribution is 7.80. The minimum atomic E-state index is 0.461. The minimum absolute atomic E-state index is 0.461. The number of hydrogen-bond acceptors (Lipinski definition) is 2. The van der Waals surface area contributed by atoms with Gasteiger partial charge in [-0.3, -0.25) is 0 Å². The summed E-state index contributed by atoms with van der Waals surface area (Å²) in [6.07, 6.45) is 0.946. The van der Waals surface area contributed by atoms with E-state index in [1.165, 1.54) is 11.1 Å². The Labute approximate surface area is 134 Å². The molecule has 0 aliphatic heterocycles. The van der Waals surface area contributed by atoms with E-state index in [0.29, 0.717) is 16.9 Å². The SMILES string of the molecule is COCCCNC(=S)Nc1c(C(C)C)cccc1C(C)C. The van der Waals surface area contributed by atoms with Crippen LogP contribution in [0.4, 0.5) is 5.69 Å². The summed E-state index contributed by atoms with van der Waals surface area (Å²) in [4.78, 5) is 0. The van der Waals surface area contributed by atoms with Crippen molar-refractivity contribution in [2.45, 2.75) is 46.0 Å². The van der Waals surface area contributed by atoms with Gasteiger partial charge in [-0.1, -0.05) is 45.9 Å². The minimum Gasteiger partial charge on any atom is -0.385 e. The lowest BCUT2D eigenvalue weighted by Gasteiger charge is -2.21. The molecule has 0 fully saturated rings. The third-order valence-corrected chi connectivity index (χ3v) is 3.67. The smallest absolute Gasteiger partial charge is 0.170 e. The van der Waals surface area contributed by atoms with E-state index in [2.05, 4.69) is 56.5 Å². The number of thiocarbonyl (C=S) groups is 1. The summed E-state index contributed by atoms with van der Waals surface area (Å²) < 4.78 is 5.04. The van der Waals surface area contributed by atoms with E-state index < -0.39 is 0 Å². The van der Waals surface area contributed by atoms with Crippen LogP contribution in [0, 0.1) is 0 Å². The van der Waals surface area contributed by atoms with Gasteiger partial charge in [0.1, 0.15) is 0 Å². The van der Waals surface area contributed by atoms with Crippen LogP contribution in [0.2, 0.25) is 0 Å². The van der Waals surface area contributed by atoms with Gasteiger partial charge in [0, 0.05) is 25.9 Å². The van der Waals surface area contributed by atoms with Crippen LogP contribution < -0.4 is 10.6 Å². The Morgan fingerprint density at radius 3 is 2.19 bits per heavy atom. The Kier molecular flexibility index (Phi) is 7.68. The molecule has 4 heteroatoms. The Hall–Kier alpha value is -1.13. The first-order valence-electron chi connectivity index (χ1n) is 7.64. The monoisotopic (exact) mass is 308 g/mol. The summed E-state index contributed by atoms with van der Waals surface area (Å²) in [5.74, 6) is 0.921. The molecule has 1 aromatic carbocycles. The Morgan fingerprint density at radius 2 is 1.71 bits per heavy atom. The quantitative estimate of drug-likeness (QED) is 0.582. The van der Waals surface area contributed by atoms with Crippen molar-refractivity contribution >= 4 is 23.0 Å². The molecule has 0 aliphatic rings. The van der Waals surface area contributed by atoms with Crippen LogP contribution in [-0.4, -0.2) is 25.4 Å². The lowest BCUT2D eigenvalue weighted by molar-refractivity contribution is 0.196. The molecule has 0 saturated heterocycles. The second-order valence-electron chi connectivity index (χ2n) is 5.85. The van der Waals surface area contributed by atoms with Crippen molar-refractivity contribution in [2.24, 2.45) is 0 Å². The molecule has 0 atom stereocenters. The van der Waals surface area contributed by atoms with Crippen LogP contribution in [0.25, 0.3) is 0 Å². The number of benzene rings is 1. The third kappa shape index (κ3) is 5.64. The van der Waals surface area contributed by atoms with E-state index >= 15 is 0 Å². The summed E-state index contributed by atoms with van der Waals surface area (Å²) in [6.45, 7) is 10.4. The van der Waals surface area contributed by atoms with E-state index in [4.69, 9.17) is 17.0 Å². The number of methoxy groups -OCH3 is 1. The molecule has 21 heavy (non-hydrogen) atoms. The molecule has 0 aromatic heterocycles. The van der Waals surface area contributed by atoms with Gasteiger partial charge in [-0.25, -0.2) is 0 Å². The first kappa shape index (κ1) is 17.9. The van der Waals surface area contributed by atoms with E-state index in [1.807, 2.05) is 0 Å². The predicted molar refractivity (Wildman–Crippen MR) is 95.3 cm³/mol. The Balaban J connectivity index is 2.82. The van der Waals surface area contributed by atoms with Gasteiger partial charge in [-0.05, 0) is 41.6 Å². The Bertz CT molecular complexity index is 432. The summed E-state index contributed by atoms with van der Waals surface area (Å²) >= 11 is 5.41. The average Bonchev–Trinajstić information content (AvgIpc) is 2.43. The first-order valence-corrected chi connectivity index (χ1v) is 8.04. The highest BCUT2D eigenvalue weighted by Crippen LogP contribution is 2.32. The van der Waals surface area contributed by atoms with Gasteiger partial charge in [0.25, 0.3) is 0 Å². The predicted octanol–water partition coefficient (Wildman–Crippen LogP) is 4.26. The van der Waals surface area contributed by atoms with Crippen molar-refractivity contribution in [3.63, 3.8) is 0 Å². The molecule has 118 valence electrons. The maximum absolute atomic E-state index is 5.41. The average molecular weight is 308 g/mol. The van der Waals surface area contributed by atoms with E-state index in [9.17, 15) is 0 Å². The van der Waals surface area contributed by atoms with Gasteiger partial charge < -0.3 is 15.4 Å². The van der Waals surface area contributed by atoms with Crippen molar-refractivity contribution in [1.29, 1.82) is 0 Å². The van der Waals surface area contributed by atoms with Crippen molar-refractivity contribution < 1.29 is 4.74 Å². The zero-order valence-electron chi connectivity index (χ0n) is 13.8. The van der Waals surface area contributed by atoms with Crippen LogP contribution in [0.15, 0.2) is 18.2 Å². The van der Waals surface area contributed by atoms with Crippen LogP contribution in [0.1, 0.15) is 57.1 Å². The molecule has 0 aliphatic carbocycles. The van der Waals surface area contributed by atoms with Crippen molar-refractivity contribution in [2.75, 3.05) is 25.6 Å². The number of para-hydroxylation sites is 1. The molecule has 0 heterocycles. The fraction of sp³-hybridized carbons (Fsp3) is 0.588. The second kappa shape index (κ2) is 9.00. The zero-order valence-corrected chi connectivity index (χ0v) is 14.6. The van der Waals surface area contributed by atoms with Crippen molar-refractivity contribution in [1.82, 2.24) is 5.32 Å². The topological polar surface area (TPSA) is 33.3 Å². The molecule has 2 N–H and O–H groups in total. The van der Waals surface area contributed by atoms with Gasteiger partial charge in [-0.2, -0.15) is 0 Å². The van der Waals surface area contributed by atoms with E-state index in [1.54, 1.807) is 7.11 Å². The maximum Gasteiger partial charge on any atom is 0.170 e.